The highest BCUT2D eigenvalue weighted by atomic mass is 19.2. The van der Waals surface area contributed by atoms with Crippen LogP contribution < -0.4 is 10.2 Å². The summed E-state index contributed by atoms with van der Waals surface area (Å²) in [5.74, 6) is -5.70. The second-order valence-corrected chi connectivity index (χ2v) is 5.94. The Balaban J connectivity index is 2.08. The molecule has 0 bridgehead atoms. The minimum absolute atomic E-state index is 0.0180. The van der Waals surface area contributed by atoms with Crippen molar-refractivity contribution in [2.45, 2.75) is 20.8 Å². The van der Waals surface area contributed by atoms with Gasteiger partial charge in [0.05, 0.1) is 5.56 Å². The summed E-state index contributed by atoms with van der Waals surface area (Å²) in [6.07, 6.45) is 0. The summed E-state index contributed by atoms with van der Waals surface area (Å²) in [6.45, 7) is 5.37. The molecule has 138 valence electrons. The normalized spacial score (nSPS) is 10.5. The zero-order chi connectivity index (χ0) is 19.4. The maximum absolute atomic E-state index is 13.6. The maximum Gasteiger partial charge on any atom is 0.254 e. The third-order valence-corrected chi connectivity index (χ3v) is 3.92. The third-order valence-electron chi connectivity index (χ3n) is 3.92. The number of hydrogen-bond donors (Lipinski definition) is 1. The lowest BCUT2D eigenvalue weighted by Crippen LogP contribution is -2.38. The van der Waals surface area contributed by atoms with Crippen molar-refractivity contribution in [3.05, 3.63) is 64.5 Å². The van der Waals surface area contributed by atoms with Crippen LogP contribution in [0.2, 0.25) is 0 Å². The van der Waals surface area contributed by atoms with E-state index < -0.39 is 28.9 Å². The van der Waals surface area contributed by atoms with Crippen molar-refractivity contribution < 1.29 is 22.8 Å². The van der Waals surface area contributed by atoms with Crippen LogP contribution in [0.5, 0.6) is 0 Å². The van der Waals surface area contributed by atoms with Crippen molar-refractivity contribution in [3.63, 3.8) is 0 Å². The first-order valence-electron chi connectivity index (χ1n) is 7.99. The smallest absolute Gasteiger partial charge is 0.254 e. The average Bonchev–Trinajstić information content (AvgIpc) is 2.57. The fraction of sp³-hybridized carbons (Fsp3) is 0.263. The van der Waals surface area contributed by atoms with Crippen LogP contribution in [0.15, 0.2) is 30.3 Å². The van der Waals surface area contributed by atoms with Crippen molar-refractivity contribution in [2.75, 3.05) is 18.0 Å². The van der Waals surface area contributed by atoms with Gasteiger partial charge in [-0.15, -0.1) is 0 Å². The van der Waals surface area contributed by atoms with Crippen LogP contribution >= 0.6 is 0 Å². The van der Waals surface area contributed by atoms with Gasteiger partial charge in [0.2, 0.25) is 5.91 Å². The number of anilines is 1. The Morgan fingerprint density at radius 1 is 1.04 bits per heavy atom. The molecule has 0 aliphatic rings. The van der Waals surface area contributed by atoms with Crippen LogP contribution in [-0.2, 0) is 4.79 Å². The first-order chi connectivity index (χ1) is 12.2. The number of carbonyl (C=O) groups is 2. The average molecular weight is 364 g/mol. The van der Waals surface area contributed by atoms with Crippen LogP contribution in [0, 0.1) is 31.3 Å². The Morgan fingerprint density at radius 2 is 1.73 bits per heavy atom. The lowest BCUT2D eigenvalue weighted by Gasteiger charge is -2.23. The zero-order valence-electron chi connectivity index (χ0n) is 14.7. The summed E-state index contributed by atoms with van der Waals surface area (Å²) >= 11 is 0. The molecule has 0 radical (unpaired) electrons. The highest BCUT2D eigenvalue weighted by Crippen LogP contribution is 2.21. The number of benzene rings is 2. The molecule has 0 saturated heterocycles. The molecule has 0 aliphatic heterocycles. The van der Waals surface area contributed by atoms with Gasteiger partial charge in [-0.1, -0.05) is 17.7 Å². The molecule has 0 atom stereocenters. The van der Waals surface area contributed by atoms with Crippen LogP contribution in [0.3, 0.4) is 0 Å². The van der Waals surface area contributed by atoms with E-state index in [9.17, 15) is 22.8 Å². The molecule has 1 N–H and O–H groups in total. The van der Waals surface area contributed by atoms with E-state index in [0.29, 0.717) is 11.8 Å². The quantitative estimate of drug-likeness (QED) is 0.826. The largest absolute Gasteiger partial charge is 0.350 e. The van der Waals surface area contributed by atoms with Crippen molar-refractivity contribution >= 4 is 17.5 Å². The van der Waals surface area contributed by atoms with E-state index in [1.165, 1.54) is 11.8 Å². The van der Waals surface area contributed by atoms with E-state index in [4.69, 9.17) is 0 Å². The molecule has 2 aromatic rings. The molecule has 0 fully saturated rings. The molecule has 2 amide bonds. The molecular formula is C19H19F3N2O2. The number of nitrogens with zero attached hydrogens (tertiary/aromatic N) is 1. The van der Waals surface area contributed by atoms with Gasteiger partial charge < -0.3 is 10.2 Å². The SMILES string of the molecule is CC(=O)N(CCNC(=O)c1ccc(F)c(F)c1F)c1ccc(C)cc1C. The molecule has 2 rings (SSSR count). The fourth-order valence-corrected chi connectivity index (χ4v) is 2.63. The summed E-state index contributed by atoms with van der Waals surface area (Å²) in [6, 6.07) is 7.16. The van der Waals surface area contributed by atoms with Crippen molar-refractivity contribution in [1.29, 1.82) is 0 Å². The lowest BCUT2D eigenvalue weighted by molar-refractivity contribution is -0.116. The molecule has 0 spiro atoms. The summed E-state index contributed by atoms with van der Waals surface area (Å²) in [5.41, 5.74) is 2.07. The second kappa shape index (κ2) is 8.03. The van der Waals surface area contributed by atoms with Gasteiger partial charge >= 0.3 is 0 Å². The Labute approximate surface area is 149 Å². The van der Waals surface area contributed by atoms with Gasteiger partial charge in [0, 0.05) is 25.7 Å². The molecule has 4 nitrogen and oxygen atoms in total. The van der Waals surface area contributed by atoms with Crippen molar-refractivity contribution in [1.82, 2.24) is 5.32 Å². The summed E-state index contributed by atoms with van der Waals surface area (Å²) in [7, 11) is 0. The molecule has 0 aromatic heterocycles. The minimum Gasteiger partial charge on any atom is -0.350 e. The molecule has 0 aliphatic carbocycles. The predicted molar refractivity (Wildman–Crippen MR) is 92.6 cm³/mol. The van der Waals surface area contributed by atoms with Crippen LogP contribution in [0.4, 0.5) is 18.9 Å². The summed E-state index contributed by atoms with van der Waals surface area (Å²) in [4.78, 5) is 25.4. The molecule has 7 heteroatoms. The van der Waals surface area contributed by atoms with Crippen LogP contribution in [-0.4, -0.2) is 24.9 Å². The topological polar surface area (TPSA) is 49.4 Å². The van der Waals surface area contributed by atoms with Gasteiger partial charge in [-0.2, -0.15) is 0 Å². The first-order valence-corrected chi connectivity index (χ1v) is 7.99. The molecular weight excluding hydrogens is 345 g/mol. The molecule has 0 saturated carbocycles. The van der Waals surface area contributed by atoms with Gasteiger partial charge in [0.15, 0.2) is 17.5 Å². The number of rotatable bonds is 5. The molecule has 2 aromatic carbocycles. The minimum atomic E-state index is -1.70. The van der Waals surface area contributed by atoms with E-state index in [2.05, 4.69) is 5.32 Å². The summed E-state index contributed by atoms with van der Waals surface area (Å²) in [5, 5.41) is 2.41. The van der Waals surface area contributed by atoms with Gasteiger partial charge in [0.25, 0.3) is 5.91 Å². The van der Waals surface area contributed by atoms with Crippen LogP contribution in [0.25, 0.3) is 0 Å². The monoisotopic (exact) mass is 364 g/mol. The Morgan fingerprint density at radius 3 is 2.35 bits per heavy atom. The standard InChI is InChI=1S/C19H19F3N2O2/c1-11-4-7-16(12(2)10-11)24(13(3)25)9-8-23-19(26)14-5-6-15(20)18(22)17(14)21/h4-7,10H,8-9H2,1-3H3,(H,23,26). The maximum atomic E-state index is 13.6. The van der Waals surface area contributed by atoms with E-state index >= 15 is 0 Å². The number of halogens is 3. The van der Waals surface area contributed by atoms with E-state index in [1.807, 2.05) is 32.0 Å². The highest BCUT2D eigenvalue weighted by Gasteiger charge is 2.19. The van der Waals surface area contributed by atoms with E-state index in [-0.39, 0.29) is 19.0 Å². The first kappa shape index (κ1) is 19.5. The molecule has 0 unspecified atom stereocenters. The summed E-state index contributed by atoms with van der Waals surface area (Å²) < 4.78 is 39.8. The predicted octanol–water partition coefficient (Wildman–Crippen LogP) is 3.50. The van der Waals surface area contributed by atoms with Gasteiger partial charge in [0.1, 0.15) is 0 Å². The fourth-order valence-electron chi connectivity index (χ4n) is 2.63. The number of aryl methyl sites for hydroxylation is 2. The second-order valence-electron chi connectivity index (χ2n) is 5.94. The Kier molecular flexibility index (Phi) is 6.02. The number of nitrogens with one attached hydrogen (secondary N) is 1. The number of hydrogen-bond acceptors (Lipinski definition) is 2. The highest BCUT2D eigenvalue weighted by molar-refractivity contribution is 5.95. The molecule has 0 heterocycles. The van der Waals surface area contributed by atoms with Crippen LogP contribution in [0.1, 0.15) is 28.4 Å². The van der Waals surface area contributed by atoms with Crippen molar-refractivity contribution in [2.24, 2.45) is 0 Å². The Hall–Kier alpha value is -2.83. The van der Waals surface area contributed by atoms with E-state index in [1.54, 1.807) is 0 Å². The van der Waals surface area contributed by atoms with Gasteiger partial charge in [-0.3, -0.25) is 9.59 Å². The number of amides is 2. The lowest BCUT2D eigenvalue weighted by atomic mass is 10.1. The van der Waals surface area contributed by atoms with Crippen molar-refractivity contribution in [3.8, 4) is 0 Å². The van der Waals surface area contributed by atoms with Gasteiger partial charge in [-0.05, 0) is 37.6 Å². The van der Waals surface area contributed by atoms with Gasteiger partial charge in [-0.25, -0.2) is 13.2 Å². The number of carbonyl (C=O) groups excluding carboxylic acids is 2. The molecule has 26 heavy (non-hydrogen) atoms. The third kappa shape index (κ3) is 4.22. The van der Waals surface area contributed by atoms with E-state index in [0.717, 1.165) is 17.2 Å². The zero-order valence-corrected chi connectivity index (χ0v) is 14.7. The Bertz CT molecular complexity index is 853.